The number of hydrogen-bond acceptors (Lipinski definition) is 17. The molecule has 0 aliphatic heterocycles. The molecule has 16 nitrogen and oxygen atoms in total. The number of carbonyl (C=O) groups is 3. The zero-order chi connectivity index (χ0) is 39.5. The van der Waals surface area contributed by atoms with Crippen molar-refractivity contribution in [2.45, 2.75) is 0 Å². The number of rotatable bonds is 1. The Kier molecular flexibility index (Phi) is 9.12. The quantitative estimate of drug-likeness (QED) is 0.170. The van der Waals surface area contributed by atoms with Gasteiger partial charge in [0.25, 0.3) is 0 Å². The molecule has 2 aliphatic rings. The highest BCUT2D eigenvalue weighted by Crippen LogP contribution is 2.35. The zero-order valence-electron chi connectivity index (χ0n) is 27.9. The molecular formula is C39H13N13O3S. The first-order valence-electron chi connectivity index (χ1n) is 15.8. The molecule has 1 N–H and O–H groups in total. The number of aromatic nitrogens is 6. The maximum Gasteiger partial charge on any atom is 0.214 e. The summed E-state index contributed by atoms with van der Waals surface area (Å²) in [6, 6.07) is 30.1. The Balaban J connectivity index is 0.000000129. The van der Waals surface area contributed by atoms with Crippen LogP contribution in [0.25, 0.3) is 31.7 Å². The summed E-state index contributed by atoms with van der Waals surface area (Å²) in [5.74, 6) is -1.13. The summed E-state index contributed by atoms with van der Waals surface area (Å²) in [7, 11) is 0. The second kappa shape index (κ2) is 14.5. The summed E-state index contributed by atoms with van der Waals surface area (Å²) >= 11 is 1.48. The van der Waals surface area contributed by atoms with Gasteiger partial charge in [0.2, 0.25) is 17.3 Å². The Bertz CT molecular complexity index is 3100. The third-order valence-electron chi connectivity index (χ3n) is 8.20. The van der Waals surface area contributed by atoms with Crippen molar-refractivity contribution in [3.05, 3.63) is 135 Å². The van der Waals surface area contributed by atoms with E-state index in [0.717, 1.165) is 10.1 Å². The van der Waals surface area contributed by atoms with Crippen molar-refractivity contribution >= 4 is 54.9 Å². The first-order valence-corrected chi connectivity index (χ1v) is 16.6. The lowest BCUT2D eigenvalue weighted by Crippen LogP contribution is -2.25. The molecule has 3 aromatic carbocycles. The molecule has 0 bridgehead atoms. The number of benzene rings is 3. The Morgan fingerprint density at radius 3 is 1.43 bits per heavy atom. The van der Waals surface area contributed by atoms with E-state index < -0.39 is 11.6 Å². The topological polar surface area (TPSA) is 283 Å². The van der Waals surface area contributed by atoms with Crippen LogP contribution in [-0.4, -0.2) is 47.3 Å². The van der Waals surface area contributed by atoms with Gasteiger partial charge in [-0.3, -0.25) is 19.7 Å². The SMILES string of the molecule is N#CNc1nc2c(nc1C#N)C(=O)c1ccccc1-2.N#Cc1nc2c(nc1C#N)C(=O)c1ccccc1C2=O.N#Cc1nc2sc3ccccc3c2nc1C#N. The van der Waals surface area contributed by atoms with E-state index in [9.17, 15) is 14.4 Å². The van der Waals surface area contributed by atoms with E-state index in [1.807, 2.05) is 42.5 Å². The van der Waals surface area contributed by atoms with Crippen LogP contribution in [0.3, 0.4) is 0 Å². The molecule has 2 aliphatic carbocycles. The van der Waals surface area contributed by atoms with Crippen molar-refractivity contribution in [3.63, 3.8) is 0 Å². The van der Waals surface area contributed by atoms with Crippen molar-refractivity contribution in [2.75, 3.05) is 5.32 Å². The van der Waals surface area contributed by atoms with Gasteiger partial charge in [-0.15, -0.1) is 11.3 Å². The maximum atomic E-state index is 12.3. The van der Waals surface area contributed by atoms with Gasteiger partial charge in [0.05, 0.1) is 0 Å². The summed E-state index contributed by atoms with van der Waals surface area (Å²) in [4.78, 5) is 61.6. The van der Waals surface area contributed by atoms with Crippen LogP contribution in [0, 0.1) is 68.1 Å². The minimum Gasteiger partial charge on any atom is -0.287 e. The van der Waals surface area contributed by atoms with Gasteiger partial charge in [-0.2, -0.15) is 31.6 Å². The van der Waals surface area contributed by atoms with E-state index in [1.54, 1.807) is 54.7 Å². The Morgan fingerprint density at radius 1 is 0.464 bits per heavy atom. The minimum absolute atomic E-state index is 0.0632. The summed E-state index contributed by atoms with van der Waals surface area (Å²) in [6.45, 7) is 0. The first-order chi connectivity index (χ1) is 27.3. The van der Waals surface area contributed by atoms with Crippen LogP contribution < -0.4 is 5.32 Å². The van der Waals surface area contributed by atoms with Crippen LogP contribution in [0.2, 0.25) is 0 Å². The van der Waals surface area contributed by atoms with Gasteiger partial charge >= 0.3 is 0 Å². The summed E-state index contributed by atoms with van der Waals surface area (Å²) in [5, 5.41) is 56.5. The van der Waals surface area contributed by atoms with Gasteiger partial charge in [0, 0.05) is 32.3 Å². The van der Waals surface area contributed by atoms with Crippen LogP contribution in [0.1, 0.15) is 76.6 Å². The third kappa shape index (κ3) is 5.91. The Morgan fingerprint density at radius 2 is 0.893 bits per heavy atom. The van der Waals surface area contributed by atoms with E-state index in [0.29, 0.717) is 27.2 Å². The van der Waals surface area contributed by atoms with Gasteiger partial charge < -0.3 is 0 Å². The van der Waals surface area contributed by atoms with Crippen molar-refractivity contribution < 1.29 is 14.4 Å². The number of thiophene rings is 1. The van der Waals surface area contributed by atoms with Crippen molar-refractivity contribution in [2.24, 2.45) is 0 Å². The average molecular weight is 744 g/mol. The lowest BCUT2D eigenvalue weighted by Gasteiger charge is -2.15. The molecule has 7 aromatic rings. The summed E-state index contributed by atoms with van der Waals surface area (Å²) in [5.41, 5.74) is 2.13. The van der Waals surface area contributed by atoms with Gasteiger partial charge in [-0.1, -0.05) is 66.7 Å². The number of anilines is 1. The van der Waals surface area contributed by atoms with Crippen molar-refractivity contribution in [3.8, 4) is 47.8 Å². The number of hydrogen-bond donors (Lipinski definition) is 1. The van der Waals surface area contributed by atoms with Crippen LogP contribution in [0.5, 0.6) is 0 Å². The lowest BCUT2D eigenvalue weighted by atomic mass is 9.89. The molecule has 0 amide bonds. The average Bonchev–Trinajstić information content (AvgIpc) is 3.75. The molecule has 0 unspecified atom stereocenters. The van der Waals surface area contributed by atoms with E-state index in [2.05, 4.69) is 35.2 Å². The molecule has 9 rings (SSSR count). The highest BCUT2D eigenvalue weighted by molar-refractivity contribution is 7.25. The summed E-state index contributed by atoms with van der Waals surface area (Å²) in [6.07, 6.45) is 1.70. The maximum absolute atomic E-state index is 12.3. The van der Waals surface area contributed by atoms with Gasteiger partial charge in [-0.05, 0) is 6.07 Å². The van der Waals surface area contributed by atoms with Crippen LogP contribution in [0.4, 0.5) is 5.82 Å². The Hall–Kier alpha value is -9.13. The molecule has 0 fully saturated rings. The number of fused-ring (bicyclic) bond motifs is 8. The number of ketones is 3. The molecule has 17 heteroatoms. The fourth-order valence-corrected chi connectivity index (χ4v) is 6.75. The first kappa shape index (κ1) is 35.3. The minimum atomic E-state index is -0.469. The van der Waals surface area contributed by atoms with Crippen LogP contribution in [-0.2, 0) is 0 Å². The largest absolute Gasteiger partial charge is 0.287 e. The monoisotopic (exact) mass is 743 g/mol. The van der Waals surface area contributed by atoms with Gasteiger partial charge in [0.1, 0.15) is 63.5 Å². The van der Waals surface area contributed by atoms with Crippen LogP contribution in [0.15, 0.2) is 72.8 Å². The second-order valence-corrected chi connectivity index (χ2v) is 12.3. The number of carbonyl (C=O) groups excluding carboxylic acids is 3. The standard InChI is InChI=1S/C14H4N4O2.C13H5N5O.C12H4N4S/c15-5-9-10(6-16)18-12-11(17-9)13(19)7-3-1-2-4-8(7)14(12)20;14-5-9-13(16-6-15)18-10-7-3-1-2-4-8(7)12(19)11(10)17-9;13-5-8-9(6-14)16-12-11(15-8)7-3-1-2-4-10(7)17-12/h1-4H;1-4H,(H,16,18);1-4H. The van der Waals surface area contributed by atoms with Gasteiger partial charge in [-0.25, -0.2) is 29.9 Å². The normalized spacial score (nSPS) is 11.2. The molecule has 4 heterocycles. The molecule has 0 atom stereocenters. The van der Waals surface area contributed by atoms with E-state index in [4.69, 9.17) is 31.6 Å². The van der Waals surface area contributed by atoms with Crippen LogP contribution >= 0.6 is 11.3 Å². The molecular weight excluding hydrogens is 731 g/mol. The third-order valence-corrected chi connectivity index (χ3v) is 9.25. The van der Waals surface area contributed by atoms with Gasteiger partial charge in [0.15, 0.2) is 40.5 Å². The second-order valence-electron chi connectivity index (χ2n) is 11.3. The van der Waals surface area contributed by atoms with E-state index >= 15 is 0 Å². The van der Waals surface area contributed by atoms with Crippen molar-refractivity contribution in [1.82, 2.24) is 29.9 Å². The highest BCUT2D eigenvalue weighted by atomic mass is 32.1. The lowest BCUT2D eigenvalue weighted by molar-refractivity contribution is 0.0971. The zero-order valence-corrected chi connectivity index (χ0v) is 28.7. The molecule has 4 aromatic heterocycles. The number of nitriles is 6. The molecule has 0 spiro atoms. The smallest absolute Gasteiger partial charge is 0.214 e. The number of nitrogens with zero attached hydrogens (tertiary/aromatic N) is 12. The Labute approximate surface area is 318 Å². The fourth-order valence-electron chi connectivity index (χ4n) is 5.73. The highest BCUT2D eigenvalue weighted by Gasteiger charge is 2.34. The summed E-state index contributed by atoms with van der Waals surface area (Å²) < 4.78 is 1.06. The van der Waals surface area contributed by atoms with E-state index in [-0.39, 0.29) is 68.3 Å². The molecule has 0 saturated heterocycles. The van der Waals surface area contributed by atoms with E-state index in [1.165, 1.54) is 23.5 Å². The fraction of sp³-hybridized carbons (Fsp3) is 0. The predicted octanol–water partition coefficient (Wildman–Crippen LogP) is 5.04. The molecule has 0 saturated carbocycles. The molecule has 258 valence electrons. The molecule has 56 heavy (non-hydrogen) atoms. The number of nitrogens with one attached hydrogen (secondary N) is 1. The van der Waals surface area contributed by atoms with Crippen molar-refractivity contribution in [1.29, 1.82) is 31.6 Å². The molecule has 0 radical (unpaired) electrons. The predicted molar refractivity (Wildman–Crippen MR) is 194 cm³/mol.